The Morgan fingerprint density at radius 2 is 0.688 bits per heavy atom. The third-order valence-corrected chi connectivity index (χ3v) is 13.3. The van der Waals surface area contributed by atoms with Crippen molar-refractivity contribution in [3.05, 3.63) is 218 Å². The van der Waals surface area contributed by atoms with Crippen molar-refractivity contribution in [1.29, 1.82) is 0 Å². The highest BCUT2D eigenvalue weighted by Crippen LogP contribution is 2.41. The van der Waals surface area contributed by atoms with Crippen LogP contribution in [0, 0.1) is 0 Å². The van der Waals surface area contributed by atoms with Crippen LogP contribution in [-0.4, -0.2) is 9.13 Å². The molecule has 0 spiro atoms. The summed E-state index contributed by atoms with van der Waals surface area (Å²) in [5.74, 6) is 0. The minimum atomic E-state index is 0.884. The predicted octanol–water partition coefficient (Wildman–Crippen LogP) is 16.7. The van der Waals surface area contributed by atoms with Gasteiger partial charge < -0.3 is 18.0 Å². The number of nitrogens with zero attached hydrogens (tertiary/aromatic N) is 2. The van der Waals surface area contributed by atoms with Crippen LogP contribution in [0.25, 0.3) is 132 Å². The molecule has 0 amide bonds. The van der Waals surface area contributed by atoms with E-state index in [4.69, 9.17) is 8.83 Å². The molecule has 0 atom stereocenters. The van der Waals surface area contributed by atoms with Crippen molar-refractivity contribution in [2.75, 3.05) is 0 Å². The van der Waals surface area contributed by atoms with Gasteiger partial charge in [0.05, 0.1) is 22.1 Å². The van der Waals surface area contributed by atoms with Gasteiger partial charge in [-0.2, -0.15) is 0 Å². The average molecular weight is 817 g/mol. The quantitative estimate of drug-likeness (QED) is 0.173. The molecule has 0 unspecified atom stereocenters. The molecule has 14 rings (SSSR count). The number of para-hydroxylation sites is 5. The Labute approximate surface area is 367 Å². The number of benzene rings is 10. The van der Waals surface area contributed by atoms with E-state index in [0.717, 1.165) is 83.1 Å². The van der Waals surface area contributed by atoms with E-state index in [-0.39, 0.29) is 0 Å². The second kappa shape index (κ2) is 13.4. The van der Waals surface area contributed by atoms with Crippen molar-refractivity contribution < 1.29 is 8.83 Å². The van der Waals surface area contributed by atoms with E-state index >= 15 is 0 Å². The Bertz CT molecular complexity index is 4180. The van der Waals surface area contributed by atoms with Crippen molar-refractivity contribution in [3.63, 3.8) is 0 Å². The summed E-state index contributed by atoms with van der Waals surface area (Å²) in [5, 5.41) is 9.41. The van der Waals surface area contributed by atoms with Crippen LogP contribution in [0.1, 0.15) is 0 Å². The average Bonchev–Trinajstić information content (AvgIpc) is 4.11. The van der Waals surface area contributed by atoms with E-state index in [1.807, 2.05) is 12.1 Å². The number of aromatic nitrogens is 2. The van der Waals surface area contributed by atoms with Gasteiger partial charge in [0.25, 0.3) is 0 Å². The highest BCUT2D eigenvalue weighted by molar-refractivity contribution is 6.14. The van der Waals surface area contributed by atoms with Gasteiger partial charge in [-0.25, -0.2) is 0 Å². The SMILES string of the molecule is c1ccc(-n2c3ccccc3c3cc(-c4ccc5oc6ccc(-c7ccc8c(c7)c7ccccc7n8-c7ccc(-c8cccc9c8oc8ccccc89)cc7)cc6c5c4)ccc32)cc1. The maximum absolute atomic E-state index is 6.45. The zero-order valence-electron chi connectivity index (χ0n) is 34.5. The molecule has 0 saturated heterocycles. The fourth-order valence-electron chi connectivity index (χ4n) is 10.3. The van der Waals surface area contributed by atoms with E-state index in [1.54, 1.807) is 0 Å². The highest BCUT2D eigenvalue weighted by atomic mass is 16.3. The van der Waals surface area contributed by atoms with Crippen LogP contribution in [0.5, 0.6) is 0 Å². The monoisotopic (exact) mass is 816 g/mol. The van der Waals surface area contributed by atoms with Gasteiger partial charge in [-0.05, 0) is 119 Å². The number of furan rings is 2. The van der Waals surface area contributed by atoms with Gasteiger partial charge in [0.2, 0.25) is 0 Å². The summed E-state index contributed by atoms with van der Waals surface area (Å²) in [6.45, 7) is 0. The van der Waals surface area contributed by atoms with E-state index < -0.39 is 0 Å². The second-order valence-corrected chi connectivity index (χ2v) is 16.9. The van der Waals surface area contributed by atoms with Crippen LogP contribution in [0.2, 0.25) is 0 Å². The van der Waals surface area contributed by atoms with Gasteiger partial charge in [0, 0.05) is 60.0 Å². The molecule has 298 valence electrons. The topological polar surface area (TPSA) is 36.1 Å². The van der Waals surface area contributed by atoms with Crippen LogP contribution in [-0.2, 0) is 0 Å². The first kappa shape index (κ1) is 35.0. The highest BCUT2D eigenvalue weighted by Gasteiger charge is 2.18. The molecule has 64 heavy (non-hydrogen) atoms. The molecule has 4 aromatic heterocycles. The molecule has 14 aromatic rings. The fraction of sp³-hybridized carbons (Fsp3) is 0. The first-order chi connectivity index (χ1) is 31.7. The van der Waals surface area contributed by atoms with Crippen LogP contribution >= 0.6 is 0 Å². The maximum atomic E-state index is 6.45. The Balaban J connectivity index is 0.847. The minimum absolute atomic E-state index is 0.884. The van der Waals surface area contributed by atoms with E-state index in [1.165, 1.54) is 49.2 Å². The minimum Gasteiger partial charge on any atom is -0.456 e. The lowest BCUT2D eigenvalue weighted by Crippen LogP contribution is -1.93. The first-order valence-corrected chi connectivity index (χ1v) is 21.8. The molecule has 0 bridgehead atoms. The van der Waals surface area contributed by atoms with Crippen molar-refractivity contribution in [2.45, 2.75) is 0 Å². The summed E-state index contributed by atoms with van der Waals surface area (Å²) >= 11 is 0. The van der Waals surface area contributed by atoms with E-state index in [2.05, 4.69) is 215 Å². The van der Waals surface area contributed by atoms with Gasteiger partial charge in [-0.15, -0.1) is 0 Å². The van der Waals surface area contributed by atoms with E-state index in [9.17, 15) is 0 Å². The van der Waals surface area contributed by atoms with Crippen LogP contribution in [0.3, 0.4) is 0 Å². The second-order valence-electron chi connectivity index (χ2n) is 16.9. The summed E-state index contributed by atoms with van der Waals surface area (Å²) in [6, 6.07) is 78.5. The smallest absolute Gasteiger partial charge is 0.143 e. The summed E-state index contributed by atoms with van der Waals surface area (Å²) in [5.41, 5.74) is 17.5. The van der Waals surface area contributed by atoms with E-state index in [0.29, 0.717) is 0 Å². The Hall–Kier alpha value is -8.60. The summed E-state index contributed by atoms with van der Waals surface area (Å²) < 4.78 is 17.6. The maximum Gasteiger partial charge on any atom is 0.143 e. The largest absolute Gasteiger partial charge is 0.456 e. The van der Waals surface area contributed by atoms with Gasteiger partial charge >= 0.3 is 0 Å². The van der Waals surface area contributed by atoms with Crippen molar-refractivity contribution in [2.24, 2.45) is 0 Å². The van der Waals surface area contributed by atoms with Crippen LogP contribution < -0.4 is 0 Å². The third kappa shape index (κ3) is 5.17. The summed E-state index contributed by atoms with van der Waals surface area (Å²) in [6.07, 6.45) is 0. The molecule has 4 nitrogen and oxygen atoms in total. The molecule has 0 radical (unpaired) electrons. The molecule has 0 aliphatic carbocycles. The van der Waals surface area contributed by atoms with Crippen molar-refractivity contribution in [3.8, 4) is 44.8 Å². The Morgan fingerprint density at radius 3 is 1.30 bits per heavy atom. The molecule has 0 aliphatic rings. The van der Waals surface area contributed by atoms with Gasteiger partial charge in [0.15, 0.2) is 0 Å². The molecule has 0 fully saturated rings. The third-order valence-electron chi connectivity index (χ3n) is 13.3. The molecule has 4 heterocycles. The molecule has 10 aromatic carbocycles. The van der Waals surface area contributed by atoms with Gasteiger partial charge in [-0.3, -0.25) is 0 Å². The van der Waals surface area contributed by atoms with Crippen LogP contribution in [0.15, 0.2) is 227 Å². The lowest BCUT2D eigenvalue weighted by molar-refractivity contribution is 0.669. The fourth-order valence-corrected chi connectivity index (χ4v) is 10.3. The Morgan fingerprint density at radius 1 is 0.250 bits per heavy atom. The number of hydrogen-bond donors (Lipinski definition) is 0. The number of hydrogen-bond acceptors (Lipinski definition) is 2. The van der Waals surface area contributed by atoms with Gasteiger partial charge in [0.1, 0.15) is 22.3 Å². The lowest BCUT2D eigenvalue weighted by atomic mass is 9.98. The normalized spacial score (nSPS) is 12.1. The zero-order chi connectivity index (χ0) is 41.9. The molecule has 4 heteroatoms. The van der Waals surface area contributed by atoms with Gasteiger partial charge in [-0.1, -0.05) is 127 Å². The van der Waals surface area contributed by atoms with Crippen LogP contribution in [0.4, 0.5) is 0 Å². The zero-order valence-corrected chi connectivity index (χ0v) is 34.5. The Kier molecular flexibility index (Phi) is 7.36. The molecular formula is C60H36N2O2. The molecule has 0 saturated carbocycles. The summed E-state index contributed by atoms with van der Waals surface area (Å²) in [4.78, 5) is 0. The van der Waals surface area contributed by atoms with Crippen molar-refractivity contribution >= 4 is 87.5 Å². The molecule has 0 N–H and O–H groups in total. The first-order valence-electron chi connectivity index (χ1n) is 21.8. The number of fused-ring (bicyclic) bond motifs is 12. The van der Waals surface area contributed by atoms with Crippen molar-refractivity contribution in [1.82, 2.24) is 9.13 Å². The predicted molar refractivity (Wildman–Crippen MR) is 266 cm³/mol. The lowest BCUT2D eigenvalue weighted by Gasteiger charge is -2.10. The number of rotatable bonds is 5. The molecular weight excluding hydrogens is 781 g/mol. The summed E-state index contributed by atoms with van der Waals surface area (Å²) in [7, 11) is 0. The standard InChI is InChI=1S/C60H36N2O2/c1-2-11-42(12-3-1)61-53-18-7-4-13-45(53)49-33-38(23-29-55(49)61)40-25-31-58-51(35-40)52-36-41(26-32-59(52)63-58)39-24-30-56-50(34-39)46-14-5-8-19-54(46)62(56)43-27-21-37(22-28-43)44-16-10-17-48-47-15-6-9-20-57(47)64-60(44)48/h1-36H. The molecule has 0 aliphatic heterocycles.